The summed E-state index contributed by atoms with van der Waals surface area (Å²) in [5, 5.41) is 3.55. The molecule has 1 aromatic carbocycles. The molecule has 0 aliphatic heterocycles. The van der Waals surface area contributed by atoms with Crippen molar-refractivity contribution < 1.29 is 4.79 Å². The van der Waals surface area contributed by atoms with Crippen molar-refractivity contribution in [3.8, 4) is 0 Å². The van der Waals surface area contributed by atoms with Crippen molar-refractivity contribution >= 4 is 50.7 Å². The molecular weight excluding hydrogens is 277 g/mol. The van der Waals surface area contributed by atoms with Gasteiger partial charge in [-0.15, -0.1) is 0 Å². The lowest BCUT2D eigenvalue weighted by molar-refractivity contribution is -0.114. The molecule has 0 saturated carbocycles. The van der Waals surface area contributed by atoms with Crippen molar-refractivity contribution in [2.24, 2.45) is 0 Å². The third-order valence-corrected chi connectivity index (χ3v) is 2.90. The molecule has 1 rings (SSSR count). The number of carbonyl (C=O) groups is 1. The van der Waals surface area contributed by atoms with E-state index in [-0.39, 0.29) is 5.91 Å². The molecule has 0 saturated heterocycles. The number of hydrogen-bond donors (Lipinski definition) is 1. The maximum absolute atomic E-state index is 10.8. The topological polar surface area (TPSA) is 29.1 Å². The van der Waals surface area contributed by atoms with E-state index in [1.807, 2.05) is 0 Å². The maximum atomic E-state index is 10.8. The van der Waals surface area contributed by atoms with Gasteiger partial charge in [-0.3, -0.25) is 4.79 Å². The van der Waals surface area contributed by atoms with Gasteiger partial charge >= 0.3 is 0 Å². The van der Waals surface area contributed by atoms with Gasteiger partial charge in [-0.2, -0.15) is 0 Å². The highest BCUT2D eigenvalue weighted by atomic mass is 79.9. The van der Waals surface area contributed by atoms with Crippen LogP contribution in [0.3, 0.4) is 0 Å². The summed E-state index contributed by atoms with van der Waals surface area (Å²) in [5.41, 5.74) is 0.574. The molecule has 0 bridgehead atoms. The second-order valence-corrected chi connectivity index (χ2v) is 4.07. The number of benzene rings is 1. The summed E-state index contributed by atoms with van der Waals surface area (Å²) in [6, 6.07) is 3.22. The quantitative estimate of drug-likeness (QED) is 0.782. The van der Waals surface area contributed by atoms with Gasteiger partial charge in [-0.25, -0.2) is 0 Å². The Morgan fingerprint density at radius 1 is 1.46 bits per heavy atom. The van der Waals surface area contributed by atoms with Crippen molar-refractivity contribution in [2.75, 3.05) is 5.32 Å². The number of anilines is 1. The van der Waals surface area contributed by atoms with Crippen molar-refractivity contribution in [2.45, 2.75) is 6.92 Å². The molecule has 5 heteroatoms. The Hall–Kier alpha value is -0.250. The molecule has 0 atom stereocenters. The largest absolute Gasteiger partial charge is 0.325 e. The first-order valence-electron chi connectivity index (χ1n) is 3.43. The minimum absolute atomic E-state index is 0.168. The number of amides is 1. The first kappa shape index (κ1) is 10.8. The predicted molar refractivity (Wildman–Crippen MR) is 58.5 cm³/mol. The van der Waals surface area contributed by atoms with Crippen LogP contribution in [0.15, 0.2) is 16.6 Å². The first-order valence-corrected chi connectivity index (χ1v) is 4.97. The Morgan fingerprint density at radius 3 is 2.62 bits per heavy atom. The molecular formula is C8H6BrCl2NO. The highest BCUT2D eigenvalue weighted by Gasteiger charge is 2.07. The fraction of sp³-hybridized carbons (Fsp3) is 0.125. The summed E-state index contributed by atoms with van der Waals surface area (Å²) in [7, 11) is 0. The molecule has 0 spiro atoms. The third-order valence-electron chi connectivity index (χ3n) is 1.30. The van der Waals surface area contributed by atoms with Gasteiger partial charge in [0.05, 0.1) is 15.2 Å². The normalized spacial score (nSPS) is 9.85. The highest BCUT2D eigenvalue weighted by Crippen LogP contribution is 2.33. The average Bonchev–Trinajstić information content (AvgIpc) is 1.98. The molecule has 0 unspecified atom stereocenters. The Bertz CT molecular complexity index is 354. The summed E-state index contributed by atoms with van der Waals surface area (Å²) in [6.45, 7) is 1.42. The zero-order valence-corrected chi connectivity index (χ0v) is 9.79. The Morgan fingerprint density at radius 2 is 2.08 bits per heavy atom. The molecule has 13 heavy (non-hydrogen) atoms. The molecule has 1 amide bonds. The standard InChI is InChI=1S/C8H6BrCl2NO/c1-4(13)12-7-3-5(10)2-6(11)8(7)9/h2-3H,1H3,(H,12,13). The van der Waals surface area contributed by atoms with Crippen LogP contribution >= 0.6 is 39.1 Å². The van der Waals surface area contributed by atoms with E-state index in [1.54, 1.807) is 12.1 Å². The van der Waals surface area contributed by atoms with Crippen molar-refractivity contribution in [1.82, 2.24) is 0 Å². The van der Waals surface area contributed by atoms with Crippen LogP contribution in [-0.2, 0) is 4.79 Å². The summed E-state index contributed by atoms with van der Waals surface area (Å²) in [5.74, 6) is -0.168. The first-order chi connectivity index (χ1) is 6.00. The fourth-order valence-corrected chi connectivity index (χ4v) is 1.66. The van der Waals surface area contributed by atoms with Gasteiger partial charge in [-0.05, 0) is 28.1 Å². The van der Waals surface area contributed by atoms with Gasteiger partial charge in [-0.1, -0.05) is 23.2 Å². The maximum Gasteiger partial charge on any atom is 0.221 e. The van der Waals surface area contributed by atoms with E-state index in [9.17, 15) is 4.79 Å². The number of halogens is 3. The van der Waals surface area contributed by atoms with Crippen LogP contribution in [0, 0.1) is 0 Å². The van der Waals surface area contributed by atoms with E-state index in [4.69, 9.17) is 23.2 Å². The van der Waals surface area contributed by atoms with Crippen LogP contribution in [0.5, 0.6) is 0 Å². The minimum Gasteiger partial charge on any atom is -0.325 e. The van der Waals surface area contributed by atoms with Crippen molar-refractivity contribution in [3.63, 3.8) is 0 Å². The molecule has 0 aromatic heterocycles. The molecule has 70 valence electrons. The van der Waals surface area contributed by atoms with Gasteiger partial charge in [0.15, 0.2) is 0 Å². The van der Waals surface area contributed by atoms with Gasteiger partial charge < -0.3 is 5.32 Å². The summed E-state index contributed by atoms with van der Waals surface area (Å²) >= 11 is 14.8. The number of carbonyl (C=O) groups excluding carboxylic acids is 1. The van der Waals surface area contributed by atoms with Crippen LogP contribution in [0.4, 0.5) is 5.69 Å². The van der Waals surface area contributed by atoms with E-state index in [2.05, 4.69) is 21.2 Å². The van der Waals surface area contributed by atoms with Crippen molar-refractivity contribution in [1.29, 1.82) is 0 Å². The highest BCUT2D eigenvalue weighted by molar-refractivity contribution is 9.10. The van der Waals surface area contributed by atoms with Crippen LogP contribution in [-0.4, -0.2) is 5.91 Å². The average molecular weight is 283 g/mol. The van der Waals surface area contributed by atoms with E-state index in [0.717, 1.165) is 0 Å². The van der Waals surface area contributed by atoms with Gasteiger partial charge in [0, 0.05) is 11.9 Å². The monoisotopic (exact) mass is 281 g/mol. The summed E-state index contributed by atoms with van der Waals surface area (Å²) in [4.78, 5) is 10.8. The molecule has 0 fully saturated rings. The lowest BCUT2D eigenvalue weighted by atomic mass is 10.3. The van der Waals surface area contributed by atoms with E-state index >= 15 is 0 Å². The lowest BCUT2D eigenvalue weighted by Gasteiger charge is -2.06. The fourth-order valence-electron chi connectivity index (χ4n) is 0.837. The van der Waals surface area contributed by atoms with Gasteiger partial charge in [0.25, 0.3) is 0 Å². The zero-order chi connectivity index (χ0) is 10.0. The smallest absolute Gasteiger partial charge is 0.221 e. The van der Waals surface area contributed by atoms with Crippen LogP contribution in [0.1, 0.15) is 6.92 Å². The van der Waals surface area contributed by atoms with E-state index in [0.29, 0.717) is 20.2 Å². The lowest BCUT2D eigenvalue weighted by Crippen LogP contribution is -2.06. The molecule has 0 aliphatic rings. The minimum atomic E-state index is -0.168. The molecule has 0 radical (unpaired) electrons. The van der Waals surface area contributed by atoms with Gasteiger partial charge in [0.1, 0.15) is 0 Å². The van der Waals surface area contributed by atoms with Crippen LogP contribution < -0.4 is 5.32 Å². The second-order valence-electron chi connectivity index (χ2n) is 2.43. The number of hydrogen-bond acceptors (Lipinski definition) is 1. The van der Waals surface area contributed by atoms with Crippen LogP contribution in [0.25, 0.3) is 0 Å². The molecule has 0 heterocycles. The Kier molecular flexibility index (Phi) is 3.59. The molecule has 1 aromatic rings. The molecule has 2 nitrogen and oxygen atoms in total. The van der Waals surface area contributed by atoms with E-state index in [1.165, 1.54) is 6.92 Å². The Labute approximate surface area is 94.3 Å². The van der Waals surface area contributed by atoms with Crippen molar-refractivity contribution in [3.05, 3.63) is 26.7 Å². The van der Waals surface area contributed by atoms with Crippen LogP contribution in [0.2, 0.25) is 10.0 Å². The number of nitrogens with one attached hydrogen (secondary N) is 1. The Balaban J connectivity index is 3.12. The summed E-state index contributed by atoms with van der Waals surface area (Å²) < 4.78 is 0.633. The SMILES string of the molecule is CC(=O)Nc1cc(Cl)cc(Cl)c1Br. The second kappa shape index (κ2) is 4.31. The van der Waals surface area contributed by atoms with E-state index < -0.39 is 0 Å². The third kappa shape index (κ3) is 2.86. The molecule has 0 aliphatic carbocycles. The van der Waals surface area contributed by atoms with Gasteiger partial charge in [0.2, 0.25) is 5.91 Å². The number of rotatable bonds is 1. The zero-order valence-electron chi connectivity index (χ0n) is 6.70. The summed E-state index contributed by atoms with van der Waals surface area (Å²) in [6.07, 6.45) is 0. The predicted octanol–water partition coefficient (Wildman–Crippen LogP) is 3.71. The molecule has 1 N–H and O–H groups in total.